The molecule has 166 valence electrons. The summed E-state index contributed by atoms with van der Waals surface area (Å²) in [5.41, 5.74) is -0.572. The summed E-state index contributed by atoms with van der Waals surface area (Å²) in [5, 5.41) is 2.11. The summed E-state index contributed by atoms with van der Waals surface area (Å²) in [5.74, 6) is -4.81. The fourth-order valence-electron chi connectivity index (χ4n) is 3.06. The van der Waals surface area contributed by atoms with Gasteiger partial charge in [0, 0.05) is 19.2 Å². The lowest BCUT2D eigenvalue weighted by Crippen LogP contribution is -2.36. The van der Waals surface area contributed by atoms with Gasteiger partial charge in [-0.3, -0.25) is 4.79 Å². The van der Waals surface area contributed by atoms with Crippen molar-refractivity contribution >= 4 is 27.6 Å². The maximum absolute atomic E-state index is 14.2. The van der Waals surface area contributed by atoms with Gasteiger partial charge in [-0.15, -0.1) is 0 Å². The predicted octanol–water partition coefficient (Wildman–Crippen LogP) is 3.07. The van der Waals surface area contributed by atoms with Crippen LogP contribution >= 0.6 is 0 Å². The zero-order valence-corrected chi connectivity index (χ0v) is 17.1. The summed E-state index contributed by atoms with van der Waals surface area (Å²) in [6, 6.07) is 5.24. The van der Waals surface area contributed by atoms with Crippen LogP contribution in [0.25, 0.3) is 0 Å². The lowest BCUT2D eigenvalue weighted by Gasteiger charge is -2.26. The van der Waals surface area contributed by atoms with Crippen LogP contribution in [0.1, 0.15) is 29.6 Å². The van der Waals surface area contributed by atoms with Crippen LogP contribution in [0.15, 0.2) is 41.3 Å². The van der Waals surface area contributed by atoms with Gasteiger partial charge >= 0.3 is 5.97 Å². The van der Waals surface area contributed by atoms with E-state index in [0.717, 1.165) is 41.1 Å². The number of hydrogen-bond acceptors (Lipinski definition) is 5. The minimum Gasteiger partial charge on any atom is -0.452 e. The van der Waals surface area contributed by atoms with Crippen molar-refractivity contribution in [1.29, 1.82) is 0 Å². The molecular formula is C20H19F3N2O5S. The topological polar surface area (TPSA) is 92.8 Å². The maximum atomic E-state index is 14.2. The van der Waals surface area contributed by atoms with Gasteiger partial charge in [0.1, 0.15) is 22.3 Å². The van der Waals surface area contributed by atoms with Crippen molar-refractivity contribution in [3.63, 3.8) is 0 Å². The highest BCUT2D eigenvalue weighted by atomic mass is 32.2. The monoisotopic (exact) mass is 456 g/mol. The SMILES string of the molecule is O=C(COC(=O)c1ccc(F)c(S(=O)(=O)N2CCCCC2)c1)Nc1ccc(F)cc1F. The van der Waals surface area contributed by atoms with Crippen molar-refractivity contribution in [3.8, 4) is 0 Å². The normalized spacial score (nSPS) is 14.8. The summed E-state index contributed by atoms with van der Waals surface area (Å²) in [6.07, 6.45) is 2.20. The molecule has 0 aliphatic carbocycles. The largest absolute Gasteiger partial charge is 0.452 e. The molecular weight excluding hydrogens is 437 g/mol. The number of rotatable bonds is 6. The quantitative estimate of drug-likeness (QED) is 0.675. The number of ether oxygens (including phenoxy) is 1. The molecule has 2 aromatic rings. The van der Waals surface area contributed by atoms with Crippen LogP contribution in [0.3, 0.4) is 0 Å². The van der Waals surface area contributed by atoms with Crippen LogP contribution in [0.2, 0.25) is 0 Å². The van der Waals surface area contributed by atoms with Crippen LogP contribution in [0, 0.1) is 17.5 Å². The molecule has 1 aliphatic heterocycles. The number of nitrogens with one attached hydrogen (secondary N) is 1. The van der Waals surface area contributed by atoms with Crippen molar-refractivity contribution in [2.75, 3.05) is 25.0 Å². The van der Waals surface area contributed by atoms with Crippen LogP contribution < -0.4 is 5.32 Å². The Hall–Kier alpha value is -2.92. The molecule has 0 saturated carbocycles. The number of hydrogen-bond donors (Lipinski definition) is 1. The van der Waals surface area contributed by atoms with Crippen LogP contribution in [0.5, 0.6) is 0 Å². The highest BCUT2D eigenvalue weighted by Gasteiger charge is 2.29. The van der Waals surface area contributed by atoms with E-state index < -0.39 is 50.9 Å². The van der Waals surface area contributed by atoms with Gasteiger partial charge in [-0.05, 0) is 43.2 Å². The maximum Gasteiger partial charge on any atom is 0.338 e. The van der Waals surface area contributed by atoms with E-state index in [1.807, 2.05) is 0 Å². The molecule has 0 bridgehead atoms. The van der Waals surface area contributed by atoms with Crippen molar-refractivity contribution in [1.82, 2.24) is 4.31 Å². The molecule has 1 heterocycles. The van der Waals surface area contributed by atoms with Crippen LogP contribution in [-0.2, 0) is 19.6 Å². The van der Waals surface area contributed by atoms with E-state index in [0.29, 0.717) is 18.9 Å². The Labute approximate surface area is 176 Å². The lowest BCUT2D eigenvalue weighted by molar-refractivity contribution is -0.119. The second-order valence-electron chi connectivity index (χ2n) is 6.86. The third-order valence-electron chi connectivity index (χ3n) is 4.64. The molecule has 1 amide bonds. The minimum absolute atomic E-state index is 0.260. The third-order valence-corrected chi connectivity index (χ3v) is 6.55. The Morgan fingerprint density at radius 2 is 1.68 bits per heavy atom. The fraction of sp³-hybridized carbons (Fsp3) is 0.300. The molecule has 1 saturated heterocycles. The van der Waals surface area contributed by atoms with E-state index in [1.54, 1.807) is 0 Å². The fourth-order valence-corrected chi connectivity index (χ4v) is 4.67. The molecule has 0 atom stereocenters. The molecule has 31 heavy (non-hydrogen) atoms. The Kier molecular flexibility index (Phi) is 6.96. The molecule has 1 N–H and O–H groups in total. The Morgan fingerprint density at radius 3 is 2.35 bits per heavy atom. The number of halogens is 3. The number of carbonyl (C=O) groups excluding carboxylic acids is 2. The summed E-state index contributed by atoms with van der Waals surface area (Å²) in [7, 11) is -4.13. The summed E-state index contributed by atoms with van der Waals surface area (Å²) >= 11 is 0. The highest BCUT2D eigenvalue weighted by molar-refractivity contribution is 7.89. The standard InChI is InChI=1S/C20H19F3N2O5S/c21-14-5-7-17(16(23)11-14)24-19(26)12-30-20(27)13-4-6-15(22)18(10-13)31(28,29)25-8-2-1-3-9-25/h4-7,10-11H,1-3,8-9,12H2,(H,24,26). The smallest absolute Gasteiger partial charge is 0.338 e. The number of sulfonamides is 1. The molecule has 7 nitrogen and oxygen atoms in total. The van der Waals surface area contributed by atoms with Crippen molar-refractivity contribution in [3.05, 3.63) is 59.4 Å². The van der Waals surface area contributed by atoms with E-state index in [1.165, 1.54) is 0 Å². The number of nitrogens with zero attached hydrogens (tertiary/aromatic N) is 1. The van der Waals surface area contributed by atoms with Gasteiger partial charge in [0.25, 0.3) is 5.91 Å². The summed E-state index contributed by atoms with van der Waals surface area (Å²) < 4.78 is 72.1. The van der Waals surface area contributed by atoms with Gasteiger partial charge in [0.05, 0.1) is 11.3 Å². The molecule has 11 heteroatoms. The zero-order chi connectivity index (χ0) is 22.6. The Morgan fingerprint density at radius 1 is 0.968 bits per heavy atom. The van der Waals surface area contributed by atoms with E-state index in [2.05, 4.69) is 5.32 Å². The Balaban J connectivity index is 1.68. The van der Waals surface area contributed by atoms with Crippen LogP contribution in [0.4, 0.5) is 18.9 Å². The first-order valence-corrected chi connectivity index (χ1v) is 10.8. The number of anilines is 1. The van der Waals surface area contributed by atoms with Gasteiger partial charge in [0.15, 0.2) is 6.61 Å². The first-order chi connectivity index (χ1) is 14.7. The van der Waals surface area contributed by atoms with Gasteiger partial charge in [-0.25, -0.2) is 26.4 Å². The van der Waals surface area contributed by atoms with Crippen molar-refractivity contribution in [2.45, 2.75) is 24.2 Å². The van der Waals surface area contributed by atoms with Crippen molar-refractivity contribution in [2.24, 2.45) is 0 Å². The summed E-state index contributed by atoms with van der Waals surface area (Å²) in [4.78, 5) is 23.4. The van der Waals surface area contributed by atoms with Gasteiger partial charge in [-0.1, -0.05) is 6.42 Å². The first-order valence-electron chi connectivity index (χ1n) is 9.40. The highest BCUT2D eigenvalue weighted by Crippen LogP contribution is 2.24. The third kappa shape index (κ3) is 5.42. The van der Waals surface area contributed by atoms with Gasteiger partial charge in [-0.2, -0.15) is 4.31 Å². The molecule has 0 aromatic heterocycles. The second-order valence-corrected chi connectivity index (χ2v) is 8.76. The van der Waals surface area contributed by atoms with E-state index in [4.69, 9.17) is 4.74 Å². The van der Waals surface area contributed by atoms with E-state index in [-0.39, 0.29) is 24.3 Å². The van der Waals surface area contributed by atoms with Crippen molar-refractivity contribution < 1.29 is 35.9 Å². The van der Waals surface area contributed by atoms with Gasteiger partial charge in [0.2, 0.25) is 10.0 Å². The Bertz CT molecular complexity index is 1100. The second kappa shape index (κ2) is 9.48. The van der Waals surface area contributed by atoms with E-state index in [9.17, 15) is 31.2 Å². The van der Waals surface area contributed by atoms with E-state index >= 15 is 0 Å². The summed E-state index contributed by atoms with van der Waals surface area (Å²) in [6.45, 7) is -0.297. The molecule has 3 rings (SSSR count). The molecule has 0 unspecified atom stereocenters. The molecule has 1 aliphatic rings. The molecule has 1 fully saturated rings. The lowest BCUT2D eigenvalue weighted by atomic mass is 10.2. The average Bonchev–Trinajstić information content (AvgIpc) is 2.75. The number of amides is 1. The first kappa shape index (κ1) is 22.8. The predicted molar refractivity (Wildman–Crippen MR) is 104 cm³/mol. The van der Waals surface area contributed by atoms with Crippen LogP contribution in [-0.4, -0.2) is 44.3 Å². The number of benzene rings is 2. The molecule has 2 aromatic carbocycles. The van der Waals surface area contributed by atoms with Gasteiger partial charge < -0.3 is 10.1 Å². The average molecular weight is 456 g/mol. The number of carbonyl (C=O) groups is 2. The molecule has 0 spiro atoms. The molecule has 0 radical (unpaired) electrons. The minimum atomic E-state index is -4.13. The zero-order valence-electron chi connectivity index (χ0n) is 16.2. The number of esters is 1. The number of piperidine rings is 1.